The molecule has 1 N–H and O–H groups in total. The van der Waals surface area contributed by atoms with Crippen molar-refractivity contribution in [3.63, 3.8) is 0 Å². The van der Waals surface area contributed by atoms with Crippen LogP contribution >= 0.6 is 11.3 Å². The van der Waals surface area contributed by atoms with Crippen LogP contribution in [-0.2, 0) is 16.6 Å². The van der Waals surface area contributed by atoms with Crippen LogP contribution in [0.25, 0.3) is 0 Å². The predicted molar refractivity (Wildman–Crippen MR) is 70.6 cm³/mol. The van der Waals surface area contributed by atoms with Crippen molar-refractivity contribution in [2.45, 2.75) is 25.4 Å². The van der Waals surface area contributed by atoms with Gasteiger partial charge in [-0.25, -0.2) is 8.42 Å². The molecule has 0 saturated carbocycles. The average Bonchev–Trinajstić information content (AvgIpc) is 2.90. The molecule has 0 radical (unpaired) electrons. The molecule has 96 valence electrons. The Kier molecular flexibility index (Phi) is 4.19. The molecule has 1 aromatic heterocycles. The van der Waals surface area contributed by atoms with Gasteiger partial charge in [0.15, 0.2) is 0 Å². The molecule has 1 aliphatic rings. The predicted octanol–water partition coefficient (Wildman–Crippen LogP) is 1.26. The van der Waals surface area contributed by atoms with Gasteiger partial charge in [0.1, 0.15) is 0 Å². The lowest BCUT2D eigenvalue weighted by atomic mass is 10.3. The molecule has 0 aromatic carbocycles. The zero-order valence-electron chi connectivity index (χ0n) is 9.93. The summed E-state index contributed by atoms with van der Waals surface area (Å²) >= 11 is 1.59. The summed E-state index contributed by atoms with van der Waals surface area (Å²) in [5, 5.41) is 5.19. The van der Waals surface area contributed by atoms with Crippen molar-refractivity contribution in [3.8, 4) is 0 Å². The Balaban J connectivity index is 1.94. The summed E-state index contributed by atoms with van der Waals surface area (Å²) in [5.41, 5.74) is 0. The van der Waals surface area contributed by atoms with E-state index in [1.54, 1.807) is 18.4 Å². The summed E-state index contributed by atoms with van der Waals surface area (Å²) in [4.78, 5) is 1.08. The van der Waals surface area contributed by atoms with E-state index in [4.69, 9.17) is 0 Å². The van der Waals surface area contributed by atoms with Crippen LogP contribution in [0.5, 0.6) is 0 Å². The van der Waals surface area contributed by atoms with Crippen molar-refractivity contribution < 1.29 is 8.42 Å². The average molecular weight is 274 g/mol. The Morgan fingerprint density at radius 3 is 3.00 bits per heavy atom. The van der Waals surface area contributed by atoms with Crippen LogP contribution in [0.2, 0.25) is 0 Å². The van der Waals surface area contributed by atoms with E-state index in [1.807, 2.05) is 17.5 Å². The van der Waals surface area contributed by atoms with Crippen LogP contribution in [0, 0.1) is 0 Å². The maximum absolute atomic E-state index is 12.1. The van der Waals surface area contributed by atoms with Gasteiger partial charge < -0.3 is 5.32 Å². The van der Waals surface area contributed by atoms with E-state index in [-0.39, 0.29) is 11.8 Å². The molecule has 17 heavy (non-hydrogen) atoms. The van der Waals surface area contributed by atoms with Gasteiger partial charge in [-0.15, -0.1) is 11.3 Å². The highest BCUT2D eigenvalue weighted by atomic mass is 32.2. The van der Waals surface area contributed by atoms with E-state index < -0.39 is 10.0 Å². The van der Waals surface area contributed by atoms with E-state index in [2.05, 4.69) is 5.32 Å². The van der Waals surface area contributed by atoms with Gasteiger partial charge in [0.05, 0.1) is 5.75 Å². The molecule has 1 saturated heterocycles. The number of hydrogen-bond donors (Lipinski definition) is 1. The molecule has 4 nitrogen and oxygen atoms in total. The summed E-state index contributed by atoms with van der Waals surface area (Å²) in [5.74, 6) is 0.217. The Labute approximate surface area is 107 Å². The Hall–Kier alpha value is -0.430. The molecule has 1 fully saturated rings. The zero-order valence-corrected chi connectivity index (χ0v) is 11.6. The van der Waals surface area contributed by atoms with Crippen LogP contribution in [0.15, 0.2) is 17.5 Å². The van der Waals surface area contributed by atoms with E-state index >= 15 is 0 Å². The molecule has 0 spiro atoms. The maximum atomic E-state index is 12.1. The minimum absolute atomic E-state index is 0.130. The fourth-order valence-corrected chi connectivity index (χ4v) is 4.22. The lowest BCUT2D eigenvalue weighted by molar-refractivity contribution is 0.462. The molecular formula is C11H18N2O2S2. The van der Waals surface area contributed by atoms with Gasteiger partial charge in [-0.2, -0.15) is 4.31 Å². The summed E-state index contributed by atoms with van der Waals surface area (Å²) < 4.78 is 25.7. The quantitative estimate of drug-likeness (QED) is 0.879. The van der Waals surface area contributed by atoms with Gasteiger partial charge in [-0.3, -0.25) is 0 Å². The third-order valence-corrected chi connectivity index (χ3v) is 5.77. The van der Waals surface area contributed by atoms with Gasteiger partial charge >= 0.3 is 0 Å². The normalized spacial score (nSPS) is 21.2. The molecule has 6 heteroatoms. The Morgan fingerprint density at radius 2 is 2.41 bits per heavy atom. The van der Waals surface area contributed by atoms with E-state index in [1.165, 1.54) is 4.31 Å². The molecule has 0 aliphatic carbocycles. The molecule has 2 rings (SSSR count). The number of hydrogen-bond acceptors (Lipinski definition) is 4. The van der Waals surface area contributed by atoms with E-state index in [0.717, 1.165) is 24.3 Å². The van der Waals surface area contributed by atoms with Crippen molar-refractivity contribution in [3.05, 3.63) is 22.4 Å². The van der Waals surface area contributed by atoms with Crippen molar-refractivity contribution in [1.29, 1.82) is 0 Å². The highest BCUT2D eigenvalue weighted by molar-refractivity contribution is 7.89. The second-order valence-corrected chi connectivity index (χ2v) is 7.56. The molecular weight excluding hydrogens is 256 g/mol. The van der Waals surface area contributed by atoms with Crippen LogP contribution in [-0.4, -0.2) is 38.1 Å². The lowest BCUT2D eigenvalue weighted by Gasteiger charge is -2.19. The van der Waals surface area contributed by atoms with Crippen LogP contribution < -0.4 is 5.32 Å². The first-order valence-corrected chi connectivity index (χ1v) is 8.26. The molecule has 0 bridgehead atoms. The number of nitrogens with zero attached hydrogens (tertiary/aromatic N) is 1. The molecule has 1 atom stereocenters. The van der Waals surface area contributed by atoms with Crippen LogP contribution in [0.1, 0.15) is 17.7 Å². The van der Waals surface area contributed by atoms with Gasteiger partial charge in [-0.1, -0.05) is 6.07 Å². The first-order chi connectivity index (χ1) is 8.08. The van der Waals surface area contributed by atoms with Crippen LogP contribution in [0.4, 0.5) is 0 Å². The zero-order chi connectivity index (χ0) is 12.3. The molecule has 1 aliphatic heterocycles. The fourth-order valence-electron chi connectivity index (χ4n) is 2.00. The summed E-state index contributed by atoms with van der Waals surface area (Å²) in [6.07, 6.45) is 2.04. The first-order valence-electron chi connectivity index (χ1n) is 5.78. The maximum Gasteiger partial charge on any atom is 0.215 e. The second kappa shape index (κ2) is 5.48. The smallest absolute Gasteiger partial charge is 0.215 e. The summed E-state index contributed by atoms with van der Waals surface area (Å²) in [6.45, 7) is 1.42. The fraction of sp³-hybridized carbons (Fsp3) is 0.636. The van der Waals surface area contributed by atoms with Crippen molar-refractivity contribution in [2.24, 2.45) is 0 Å². The summed E-state index contributed by atoms with van der Waals surface area (Å²) in [7, 11) is -1.49. The van der Waals surface area contributed by atoms with Crippen molar-refractivity contribution >= 4 is 21.4 Å². The van der Waals surface area contributed by atoms with Gasteiger partial charge in [0.25, 0.3) is 0 Å². The first kappa shape index (κ1) is 13.0. The molecule has 1 unspecified atom stereocenters. The molecule has 1 aromatic rings. The highest BCUT2D eigenvalue weighted by Crippen LogP contribution is 2.15. The third kappa shape index (κ3) is 3.51. The van der Waals surface area contributed by atoms with Gasteiger partial charge in [-0.05, 0) is 30.8 Å². The summed E-state index contributed by atoms with van der Waals surface area (Å²) in [6, 6.07) is 4.04. The number of nitrogens with one attached hydrogen (secondary N) is 1. The minimum Gasteiger partial charge on any atom is -0.313 e. The highest BCUT2D eigenvalue weighted by Gasteiger charge is 2.25. The van der Waals surface area contributed by atoms with Crippen molar-refractivity contribution in [1.82, 2.24) is 9.62 Å². The van der Waals surface area contributed by atoms with Crippen molar-refractivity contribution in [2.75, 3.05) is 19.3 Å². The van der Waals surface area contributed by atoms with Gasteiger partial charge in [0.2, 0.25) is 10.0 Å². The minimum atomic E-state index is -3.14. The van der Waals surface area contributed by atoms with E-state index in [0.29, 0.717) is 6.54 Å². The van der Waals surface area contributed by atoms with Crippen LogP contribution in [0.3, 0.4) is 0 Å². The van der Waals surface area contributed by atoms with Gasteiger partial charge in [0, 0.05) is 24.5 Å². The number of rotatable bonds is 5. The molecule has 2 heterocycles. The third-order valence-electron chi connectivity index (χ3n) is 3.01. The lowest BCUT2D eigenvalue weighted by Crippen LogP contribution is -2.37. The molecule has 0 amide bonds. The Bertz CT molecular complexity index is 436. The number of thiophene rings is 1. The second-order valence-electron chi connectivity index (χ2n) is 4.41. The SMILES string of the molecule is CN(Cc1cccs1)S(=O)(=O)CC1CCCN1. The van der Waals surface area contributed by atoms with E-state index in [9.17, 15) is 8.42 Å². The standard InChI is InChI=1S/C11H18N2O2S2/c1-13(8-11-5-3-7-16-11)17(14,15)9-10-4-2-6-12-10/h3,5,7,10,12H,2,4,6,8-9H2,1H3. The monoisotopic (exact) mass is 274 g/mol. The topological polar surface area (TPSA) is 49.4 Å². The number of sulfonamides is 1. The largest absolute Gasteiger partial charge is 0.313 e. The Morgan fingerprint density at radius 1 is 1.59 bits per heavy atom.